The highest BCUT2D eigenvalue weighted by molar-refractivity contribution is 6.12. The molecule has 2 aliphatic heterocycles. The fourth-order valence-corrected chi connectivity index (χ4v) is 2.24. The van der Waals surface area contributed by atoms with Crippen LogP contribution in [0.5, 0.6) is 0 Å². The average molecular weight is 252 g/mol. The van der Waals surface area contributed by atoms with Crippen LogP contribution in [-0.4, -0.2) is 33.6 Å². The van der Waals surface area contributed by atoms with E-state index in [1.54, 1.807) is 27.7 Å². The summed E-state index contributed by atoms with van der Waals surface area (Å²) < 4.78 is 0. The van der Waals surface area contributed by atoms with Crippen molar-refractivity contribution in [3.05, 3.63) is 0 Å². The zero-order valence-electron chi connectivity index (χ0n) is 10.8. The van der Waals surface area contributed by atoms with E-state index in [9.17, 15) is 19.2 Å². The molecule has 0 unspecified atom stereocenters. The lowest BCUT2D eigenvalue weighted by Gasteiger charge is -2.46. The van der Waals surface area contributed by atoms with Crippen molar-refractivity contribution in [2.75, 3.05) is 0 Å². The maximum absolute atomic E-state index is 12.1. The molecule has 0 N–H and O–H groups in total. The molecule has 0 spiro atoms. The van der Waals surface area contributed by atoms with E-state index in [0.29, 0.717) is 0 Å². The summed E-state index contributed by atoms with van der Waals surface area (Å²) >= 11 is 0. The molecule has 18 heavy (non-hydrogen) atoms. The number of amides is 4. The van der Waals surface area contributed by atoms with E-state index < -0.39 is 47.3 Å². The molecule has 2 saturated heterocycles. The molecule has 2 heterocycles. The quantitative estimate of drug-likeness (QED) is 0.576. The Balaban J connectivity index is 2.50. The molecule has 6 nitrogen and oxygen atoms in total. The van der Waals surface area contributed by atoms with Crippen LogP contribution in [0, 0.1) is 23.7 Å². The van der Waals surface area contributed by atoms with E-state index >= 15 is 0 Å². The molecule has 0 aromatic carbocycles. The molecule has 2 rings (SSSR count). The number of rotatable bonds is 0. The number of hydrazine groups is 1. The van der Waals surface area contributed by atoms with Gasteiger partial charge in [0.2, 0.25) is 0 Å². The largest absolute Gasteiger partial charge is 0.272 e. The number of imide groups is 2. The van der Waals surface area contributed by atoms with Crippen LogP contribution in [0.15, 0.2) is 0 Å². The first-order valence-corrected chi connectivity index (χ1v) is 6.04. The molecule has 4 atom stereocenters. The minimum absolute atomic E-state index is 0.473. The number of nitrogens with zero attached hydrogens (tertiary/aromatic N) is 2. The highest BCUT2D eigenvalue weighted by Gasteiger charge is 2.54. The molecule has 0 bridgehead atoms. The summed E-state index contributed by atoms with van der Waals surface area (Å²) in [5, 5.41) is 1.47. The fourth-order valence-electron chi connectivity index (χ4n) is 2.24. The zero-order valence-corrected chi connectivity index (χ0v) is 10.8. The van der Waals surface area contributed by atoms with Gasteiger partial charge in [0.25, 0.3) is 23.6 Å². The van der Waals surface area contributed by atoms with Crippen LogP contribution in [0.25, 0.3) is 0 Å². The summed E-state index contributed by atoms with van der Waals surface area (Å²) in [6.45, 7) is 6.40. The minimum atomic E-state index is -0.578. The van der Waals surface area contributed by atoms with Crippen molar-refractivity contribution in [2.24, 2.45) is 23.7 Å². The van der Waals surface area contributed by atoms with Gasteiger partial charge >= 0.3 is 0 Å². The number of hydrogen-bond donors (Lipinski definition) is 0. The van der Waals surface area contributed by atoms with Crippen molar-refractivity contribution in [2.45, 2.75) is 27.7 Å². The molecule has 2 aliphatic rings. The first-order chi connectivity index (χ1) is 8.29. The lowest BCUT2D eigenvalue weighted by Crippen LogP contribution is -2.69. The van der Waals surface area contributed by atoms with Gasteiger partial charge in [-0.05, 0) is 0 Å². The van der Waals surface area contributed by atoms with Gasteiger partial charge in [0, 0.05) is 23.7 Å². The topological polar surface area (TPSA) is 74.8 Å². The maximum atomic E-state index is 12.1. The molecule has 0 aromatic rings. The highest BCUT2D eigenvalue weighted by atomic mass is 16.2. The summed E-state index contributed by atoms with van der Waals surface area (Å²) in [5.41, 5.74) is 0. The Morgan fingerprint density at radius 1 is 0.556 bits per heavy atom. The van der Waals surface area contributed by atoms with E-state index in [4.69, 9.17) is 0 Å². The number of fused-ring (bicyclic) bond motifs is 1. The lowest BCUT2D eigenvalue weighted by atomic mass is 9.86. The molecule has 0 aromatic heterocycles. The SMILES string of the molecule is C[C@@H]1C(=O)N2C(=O)[C@H](C)[C@H](C)C(=O)N2C(=O)[C@@H]1C. The van der Waals surface area contributed by atoms with E-state index in [1.807, 2.05) is 0 Å². The lowest BCUT2D eigenvalue weighted by molar-refractivity contribution is -0.201. The van der Waals surface area contributed by atoms with Crippen LogP contribution >= 0.6 is 0 Å². The van der Waals surface area contributed by atoms with Gasteiger partial charge in [0.1, 0.15) is 0 Å². The summed E-state index contributed by atoms with van der Waals surface area (Å²) in [5.74, 6) is -4.20. The van der Waals surface area contributed by atoms with Crippen LogP contribution in [0.1, 0.15) is 27.7 Å². The van der Waals surface area contributed by atoms with Gasteiger partial charge in [0.15, 0.2) is 0 Å². The molecular weight excluding hydrogens is 236 g/mol. The fraction of sp³-hybridized carbons (Fsp3) is 0.667. The minimum Gasteiger partial charge on any atom is -0.272 e. The van der Waals surface area contributed by atoms with Crippen LogP contribution in [0.4, 0.5) is 0 Å². The summed E-state index contributed by atoms with van der Waals surface area (Å²) in [6.07, 6.45) is 0. The Hall–Kier alpha value is -1.72. The molecule has 4 amide bonds. The Kier molecular flexibility index (Phi) is 2.76. The second kappa shape index (κ2) is 3.90. The first kappa shape index (κ1) is 12.7. The van der Waals surface area contributed by atoms with Gasteiger partial charge in [-0.3, -0.25) is 19.2 Å². The molecule has 2 fully saturated rings. The van der Waals surface area contributed by atoms with Crippen LogP contribution in [-0.2, 0) is 19.2 Å². The Labute approximate surface area is 105 Å². The van der Waals surface area contributed by atoms with Crippen molar-refractivity contribution in [3.63, 3.8) is 0 Å². The second-order valence-electron chi connectivity index (χ2n) is 5.13. The van der Waals surface area contributed by atoms with Crippen molar-refractivity contribution in [3.8, 4) is 0 Å². The van der Waals surface area contributed by atoms with E-state index in [2.05, 4.69) is 0 Å². The van der Waals surface area contributed by atoms with Gasteiger partial charge in [-0.15, -0.1) is 0 Å². The number of hydrogen-bond acceptors (Lipinski definition) is 4. The van der Waals surface area contributed by atoms with Crippen LogP contribution in [0.3, 0.4) is 0 Å². The van der Waals surface area contributed by atoms with Gasteiger partial charge in [-0.25, -0.2) is 0 Å². The van der Waals surface area contributed by atoms with Gasteiger partial charge in [0.05, 0.1) is 0 Å². The summed E-state index contributed by atoms with van der Waals surface area (Å²) in [4.78, 5) is 48.3. The normalized spacial score (nSPS) is 37.1. The molecule has 0 radical (unpaired) electrons. The van der Waals surface area contributed by atoms with E-state index in [-0.39, 0.29) is 0 Å². The molecule has 98 valence electrons. The summed E-state index contributed by atoms with van der Waals surface area (Å²) in [6, 6.07) is 0. The van der Waals surface area contributed by atoms with E-state index in [1.165, 1.54) is 0 Å². The smallest absolute Gasteiger partial charge is 0.252 e. The van der Waals surface area contributed by atoms with Crippen molar-refractivity contribution in [1.82, 2.24) is 10.0 Å². The predicted molar refractivity (Wildman–Crippen MR) is 60.4 cm³/mol. The van der Waals surface area contributed by atoms with Crippen LogP contribution < -0.4 is 0 Å². The van der Waals surface area contributed by atoms with Crippen molar-refractivity contribution < 1.29 is 19.2 Å². The monoisotopic (exact) mass is 252 g/mol. The molecular formula is C12H16N2O4. The average Bonchev–Trinajstić information content (AvgIpc) is 2.35. The number of carbonyl (C=O) groups excluding carboxylic acids is 4. The third-order valence-corrected chi connectivity index (χ3v) is 4.09. The Morgan fingerprint density at radius 3 is 0.889 bits per heavy atom. The highest BCUT2D eigenvalue weighted by Crippen LogP contribution is 2.33. The van der Waals surface area contributed by atoms with Crippen molar-refractivity contribution in [1.29, 1.82) is 0 Å². The van der Waals surface area contributed by atoms with Crippen LogP contribution in [0.2, 0.25) is 0 Å². The second-order valence-corrected chi connectivity index (χ2v) is 5.13. The maximum Gasteiger partial charge on any atom is 0.252 e. The standard InChI is InChI=1S/C12H16N2O4/c1-5-6(2)10(16)14-12(18)8(4)7(3)11(17)13(14)9(5)15/h5-8H,1-4H3/t5-,6+,7+,8-. The Bertz CT molecular complexity index is 377. The zero-order chi connectivity index (χ0) is 13.8. The Morgan fingerprint density at radius 2 is 0.722 bits per heavy atom. The third-order valence-electron chi connectivity index (χ3n) is 4.09. The van der Waals surface area contributed by atoms with Gasteiger partial charge in [-0.1, -0.05) is 27.7 Å². The third kappa shape index (κ3) is 1.41. The number of carbonyl (C=O) groups is 4. The van der Waals surface area contributed by atoms with E-state index in [0.717, 1.165) is 10.0 Å². The van der Waals surface area contributed by atoms with Gasteiger partial charge in [-0.2, -0.15) is 10.0 Å². The first-order valence-electron chi connectivity index (χ1n) is 6.04. The molecule has 0 saturated carbocycles. The molecule has 0 aliphatic carbocycles. The summed E-state index contributed by atoms with van der Waals surface area (Å²) in [7, 11) is 0. The molecule has 6 heteroatoms. The van der Waals surface area contributed by atoms with Gasteiger partial charge < -0.3 is 0 Å². The van der Waals surface area contributed by atoms with Crippen molar-refractivity contribution >= 4 is 23.6 Å². The predicted octanol–water partition coefficient (Wildman–Crippen LogP) is 0.183.